The number of nitrogens with zero attached hydrogens (tertiary/aromatic N) is 1. The number of nitrogens with one attached hydrogen (secondary N) is 1. The van der Waals surface area contributed by atoms with Crippen LogP contribution in [0.15, 0.2) is 82.5 Å². The number of halogens is 1. The Kier molecular flexibility index (Phi) is 10.0. The minimum atomic E-state index is -0.178. The number of benzene rings is 2. The molecule has 0 saturated carbocycles. The minimum absolute atomic E-state index is 0.0614. The van der Waals surface area contributed by atoms with Crippen LogP contribution in [-0.4, -0.2) is 51.4 Å². The molecule has 5 nitrogen and oxygen atoms in total. The van der Waals surface area contributed by atoms with Gasteiger partial charge in [-0.15, -0.1) is 0 Å². The van der Waals surface area contributed by atoms with Gasteiger partial charge in [0.05, 0.1) is 25.5 Å². The topological polar surface area (TPSA) is 59.8 Å². The lowest BCUT2D eigenvalue weighted by atomic mass is 9.70. The molecule has 1 aliphatic heterocycles. The maximum Gasteiger partial charge on any atom is 0.123 e. The average molecular weight is 486 g/mol. The number of allylic oxidation sites excluding steroid dienone is 2. The Labute approximate surface area is 207 Å². The van der Waals surface area contributed by atoms with E-state index < -0.39 is 0 Å². The second-order valence-electron chi connectivity index (χ2n) is 8.67. The van der Waals surface area contributed by atoms with Crippen LogP contribution in [0.25, 0.3) is 0 Å². The predicted octanol–water partition coefficient (Wildman–Crippen LogP) is 4.90. The molecule has 1 heterocycles. The SMILES string of the molecule is CNC1=C(N)CC2(COCCOC)CN(Sc3ccc(C)cc3)CCC2=C1.Fc1ccccc1. The van der Waals surface area contributed by atoms with Crippen LogP contribution < -0.4 is 11.1 Å². The van der Waals surface area contributed by atoms with Crippen molar-refractivity contribution >= 4 is 11.9 Å². The van der Waals surface area contributed by atoms with Gasteiger partial charge in [0.15, 0.2) is 0 Å². The van der Waals surface area contributed by atoms with Crippen molar-refractivity contribution in [2.45, 2.75) is 24.7 Å². The van der Waals surface area contributed by atoms with E-state index in [1.807, 2.05) is 19.0 Å². The number of aryl methyl sites for hydroxylation is 1. The smallest absolute Gasteiger partial charge is 0.123 e. The lowest BCUT2D eigenvalue weighted by Gasteiger charge is -2.46. The van der Waals surface area contributed by atoms with Crippen molar-refractivity contribution in [1.82, 2.24) is 9.62 Å². The Hall–Kier alpha value is -2.32. The molecule has 1 unspecified atom stereocenters. The number of ether oxygens (including phenoxy) is 2. The van der Waals surface area contributed by atoms with Gasteiger partial charge in [-0.3, -0.25) is 0 Å². The Morgan fingerprint density at radius 2 is 1.85 bits per heavy atom. The lowest BCUT2D eigenvalue weighted by molar-refractivity contribution is 0.0149. The first kappa shape index (κ1) is 26.3. The van der Waals surface area contributed by atoms with Gasteiger partial charge in [0, 0.05) is 49.7 Å². The molecule has 0 amide bonds. The fourth-order valence-electron chi connectivity index (χ4n) is 4.22. The number of methoxy groups -OCH3 is 1. The fraction of sp³-hybridized carbons (Fsp3) is 0.407. The van der Waals surface area contributed by atoms with E-state index >= 15 is 0 Å². The predicted molar refractivity (Wildman–Crippen MR) is 138 cm³/mol. The van der Waals surface area contributed by atoms with Gasteiger partial charge < -0.3 is 20.5 Å². The summed E-state index contributed by atoms with van der Waals surface area (Å²) in [6, 6.07) is 16.7. The number of rotatable bonds is 8. The highest BCUT2D eigenvalue weighted by Gasteiger charge is 2.42. The zero-order valence-corrected chi connectivity index (χ0v) is 21.2. The highest BCUT2D eigenvalue weighted by atomic mass is 32.2. The number of nitrogens with two attached hydrogens (primary N) is 1. The largest absolute Gasteiger partial charge is 0.400 e. The molecular formula is C27H36FN3O2S. The molecule has 0 aromatic heterocycles. The van der Waals surface area contributed by atoms with Gasteiger partial charge in [0.1, 0.15) is 5.82 Å². The van der Waals surface area contributed by atoms with Gasteiger partial charge in [-0.25, -0.2) is 8.70 Å². The Balaban J connectivity index is 0.000000396. The maximum absolute atomic E-state index is 11.9. The zero-order valence-electron chi connectivity index (χ0n) is 20.4. The molecule has 1 atom stereocenters. The maximum atomic E-state index is 11.9. The van der Waals surface area contributed by atoms with Crippen molar-refractivity contribution in [3.63, 3.8) is 0 Å². The lowest BCUT2D eigenvalue weighted by Crippen LogP contribution is -2.47. The summed E-state index contributed by atoms with van der Waals surface area (Å²) in [5.74, 6) is -0.178. The standard InChI is InChI=1S/C21H31N3O2S.C6H5F/c1-16-4-6-18(7-5-16)27-24-9-8-17-12-20(23-2)19(22)13-21(17,14-24)15-26-11-10-25-3;7-6-4-2-1-3-5-6/h4-7,12,23H,8-11,13-15,22H2,1-3H3;1-5H. The molecule has 1 saturated heterocycles. The van der Waals surface area contributed by atoms with Crippen LogP contribution in [0.5, 0.6) is 0 Å². The number of hydrogen-bond acceptors (Lipinski definition) is 6. The summed E-state index contributed by atoms with van der Waals surface area (Å²) < 4.78 is 25.5. The molecule has 3 N–H and O–H groups in total. The van der Waals surface area contributed by atoms with E-state index in [2.05, 4.69) is 46.9 Å². The second kappa shape index (κ2) is 13.0. The van der Waals surface area contributed by atoms with Crippen LogP contribution in [0.3, 0.4) is 0 Å². The second-order valence-corrected chi connectivity index (χ2v) is 9.84. The van der Waals surface area contributed by atoms with Gasteiger partial charge in [0.25, 0.3) is 0 Å². The van der Waals surface area contributed by atoms with E-state index in [1.54, 1.807) is 25.3 Å². The Morgan fingerprint density at radius 3 is 2.47 bits per heavy atom. The van der Waals surface area contributed by atoms with Crippen LogP contribution in [0.4, 0.5) is 4.39 Å². The highest BCUT2D eigenvalue weighted by molar-refractivity contribution is 7.97. The third-order valence-corrected chi connectivity index (χ3v) is 7.11. The summed E-state index contributed by atoms with van der Waals surface area (Å²) in [7, 11) is 3.64. The summed E-state index contributed by atoms with van der Waals surface area (Å²) >= 11 is 1.83. The first-order valence-corrected chi connectivity index (χ1v) is 12.4. The van der Waals surface area contributed by atoms with Crippen molar-refractivity contribution in [2.75, 3.05) is 47.1 Å². The van der Waals surface area contributed by atoms with Crippen LogP contribution in [0.1, 0.15) is 18.4 Å². The van der Waals surface area contributed by atoms with Crippen LogP contribution in [0, 0.1) is 18.2 Å². The third-order valence-electron chi connectivity index (χ3n) is 6.05. The van der Waals surface area contributed by atoms with E-state index in [0.717, 1.165) is 37.3 Å². The number of hydrogen-bond donors (Lipinski definition) is 2. The van der Waals surface area contributed by atoms with E-state index in [9.17, 15) is 4.39 Å². The summed E-state index contributed by atoms with van der Waals surface area (Å²) in [5.41, 5.74) is 11.0. The summed E-state index contributed by atoms with van der Waals surface area (Å²) in [6.45, 7) is 5.98. The van der Waals surface area contributed by atoms with E-state index in [4.69, 9.17) is 15.2 Å². The molecule has 0 spiro atoms. The van der Waals surface area contributed by atoms with Gasteiger partial charge in [0.2, 0.25) is 0 Å². The molecule has 1 aliphatic carbocycles. The number of fused-ring (bicyclic) bond motifs is 1. The van der Waals surface area contributed by atoms with E-state index in [-0.39, 0.29) is 11.2 Å². The van der Waals surface area contributed by atoms with Crippen LogP contribution >= 0.6 is 11.9 Å². The molecule has 2 aromatic rings. The van der Waals surface area contributed by atoms with Gasteiger partial charge in [-0.05, 0) is 55.6 Å². The normalized spacial score (nSPS) is 20.2. The molecule has 184 valence electrons. The highest BCUT2D eigenvalue weighted by Crippen LogP contribution is 2.46. The van der Waals surface area contributed by atoms with Crippen molar-refractivity contribution in [3.8, 4) is 0 Å². The molecule has 0 bridgehead atoms. The van der Waals surface area contributed by atoms with Gasteiger partial charge >= 0.3 is 0 Å². The third kappa shape index (κ3) is 7.34. The molecule has 1 fully saturated rings. The van der Waals surface area contributed by atoms with Gasteiger partial charge in [-0.1, -0.05) is 41.5 Å². The van der Waals surface area contributed by atoms with Crippen molar-refractivity contribution in [2.24, 2.45) is 11.1 Å². The van der Waals surface area contributed by atoms with Crippen molar-refractivity contribution in [1.29, 1.82) is 0 Å². The van der Waals surface area contributed by atoms with Gasteiger partial charge in [-0.2, -0.15) is 0 Å². The molecule has 4 rings (SSSR count). The molecule has 34 heavy (non-hydrogen) atoms. The zero-order chi connectivity index (χ0) is 24.4. The summed E-state index contributed by atoms with van der Waals surface area (Å²) in [6.07, 6.45) is 4.10. The first-order chi connectivity index (χ1) is 16.5. The fourth-order valence-corrected chi connectivity index (χ4v) is 5.27. The summed E-state index contributed by atoms with van der Waals surface area (Å²) in [5, 5.41) is 3.24. The molecule has 2 aliphatic rings. The molecule has 2 aromatic carbocycles. The average Bonchev–Trinajstić information content (AvgIpc) is 2.84. The van der Waals surface area contributed by atoms with E-state index in [1.165, 1.54) is 28.2 Å². The monoisotopic (exact) mass is 485 g/mol. The van der Waals surface area contributed by atoms with Crippen molar-refractivity contribution in [3.05, 3.63) is 89.0 Å². The summed E-state index contributed by atoms with van der Waals surface area (Å²) in [4.78, 5) is 1.28. The number of likely N-dealkylation sites (N-methyl/N-ethyl adjacent to an activating group) is 1. The van der Waals surface area contributed by atoms with Crippen molar-refractivity contribution < 1.29 is 13.9 Å². The number of piperidine rings is 1. The van der Waals surface area contributed by atoms with Crippen LogP contribution in [0.2, 0.25) is 0 Å². The molecule has 0 radical (unpaired) electrons. The molecule has 7 heteroatoms. The quantitative estimate of drug-likeness (QED) is 0.410. The van der Waals surface area contributed by atoms with E-state index in [0.29, 0.717) is 19.8 Å². The van der Waals surface area contributed by atoms with Crippen LogP contribution in [-0.2, 0) is 9.47 Å². The minimum Gasteiger partial charge on any atom is -0.400 e. The Bertz CT molecular complexity index is 966. The molecular weight excluding hydrogens is 449 g/mol. The first-order valence-electron chi connectivity index (χ1n) is 11.6. The Morgan fingerprint density at radius 1 is 1.12 bits per heavy atom.